The predicted octanol–water partition coefficient (Wildman–Crippen LogP) is 3.14. The summed E-state index contributed by atoms with van der Waals surface area (Å²) in [5, 5.41) is 27.3. The molecular weight excluding hydrogens is 364 g/mol. The molecule has 0 spiro atoms. The van der Waals surface area contributed by atoms with E-state index in [1.165, 1.54) is 19.3 Å². The van der Waals surface area contributed by atoms with E-state index in [-0.39, 0.29) is 5.75 Å². The van der Waals surface area contributed by atoms with Gasteiger partial charge in [-0.2, -0.15) is 5.10 Å². The summed E-state index contributed by atoms with van der Waals surface area (Å²) < 4.78 is 1.71. The van der Waals surface area contributed by atoms with Gasteiger partial charge in [-0.1, -0.05) is 6.42 Å². The maximum absolute atomic E-state index is 10.5. The predicted molar refractivity (Wildman–Crippen MR) is 112 cm³/mol. The van der Waals surface area contributed by atoms with Crippen LogP contribution in [0.4, 0.5) is 5.82 Å². The summed E-state index contributed by atoms with van der Waals surface area (Å²) in [5.41, 5.74) is 2.13. The number of nitrogens with zero attached hydrogens (tertiary/aromatic N) is 5. The van der Waals surface area contributed by atoms with Crippen LogP contribution in [-0.2, 0) is 0 Å². The lowest BCUT2D eigenvalue weighted by Crippen LogP contribution is -2.54. The first-order valence-corrected chi connectivity index (χ1v) is 10.3. The Bertz CT molecular complexity index is 959. The molecule has 5 rings (SSSR count). The molecule has 2 aromatic heterocycles. The molecule has 0 aliphatic carbocycles. The molecule has 29 heavy (non-hydrogen) atoms. The average molecular weight is 390 g/mol. The van der Waals surface area contributed by atoms with Gasteiger partial charge in [-0.3, -0.25) is 0 Å². The number of hydrogen-bond donors (Lipinski definition) is 2. The maximum Gasteiger partial charge on any atom is 0.151 e. The van der Waals surface area contributed by atoms with E-state index < -0.39 is 0 Å². The Balaban J connectivity index is 1.33. The number of aromatic nitrogens is 4. The Morgan fingerprint density at radius 2 is 1.93 bits per heavy atom. The molecule has 150 valence electrons. The number of fused-ring (bicyclic) bond motifs is 2. The Kier molecular flexibility index (Phi) is 4.67. The van der Waals surface area contributed by atoms with Crippen LogP contribution < -0.4 is 10.2 Å². The van der Waals surface area contributed by atoms with E-state index >= 15 is 0 Å². The van der Waals surface area contributed by atoms with Crippen molar-refractivity contribution in [3.05, 3.63) is 48.8 Å². The van der Waals surface area contributed by atoms with Crippen molar-refractivity contribution < 1.29 is 5.11 Å². The summed E-state index contributed by atoms with van der Waals surface area (Å²) in [6.45, 7) is 0. The minimum atomic E-state index is 0.166. The SMILES string of the molecule is CN(c1ccc(-c2ccc(-n3cccn3)cc2O)nn1)C1C[C@H]2CCC[C@@H](C1)N2. The van der Waals surface area contributed by atoms with Crippen LogP contribution in [-0.4, -0.2) is 50.3 Å². The molecule has 2 N–H and O–H groups in total. The van der Waals surface area contributed by atoms with E-state index in [1.54, 1.807) is 16.9 Å². The first-order valence-electron chi connectivity index (χ1n) is 10.3. The number of hydrogen-bond acceptors (Lipinski definition) is 6. The zero-order valence-corrected chi connectivity index (χ0v) is 16.6. The summed E-state index contributed by atoms with van der Waals surface area (Å²) in [5.74, 6) is 1.05. The normalized spacial score (nSPS) is 23.7. The molecule has 1 unspecified atom stereocenters. The maximum atomic E-state index is 10.5. The second-order valence-electron chi connectivity index (χ2n) is 8.16. The second kappa shape index (κ2) is 7.48. The van der Waals surface area contributed by atoms with Crippen LogP contribution in [0.1, 0.15) is 32.1 Å². The van der Waals surface area contributed by atoms with Crippen LogP contribution in [0.3, 0.4) is 0 Å². The van der Waals surface area contributed by atoms with Crippen molar-refractivity contribution in [2.75, 3.05) is 11.9 Å². The minimum Gasteiger partial charge on any atom is -0.507 e. The van der Waals surface area contributed by atoms with Crippen LogP contribution in [0.2, 0.25) is 0 Å². The van der Waals surface area contributed by atoms with Crippen molar-refractivity contribution in [1.82, 2.24) is 25.3 Å². The van der Waals surface area contributed by atoms with Crippen LogP contribution >= 0.6 is 0 Å². The van der Waals surface area contributed by atoms with Gasteiger partial charge in [0, 0.05) is 49.2 Å². The van der Waals surface area contributed by atoms with E-state index in [9.17, 15) is 5.11 Å². The Morgan fingerprint density at radius 3 is 2.59 bits per heavy atom. The summed E-state index contributed by atoms with van der Waals surface area (Å²) in [4.78, 5) is 2.27. The number of phenolic OH excluding ortho intramolecular Hbond substituents is 1. The van der Waals surface area contributed by atoms with Gasteiger partial charge in [-0.05, 0) is 56.0 Å². The zero-order valence-electron chi connectivity index (χ0n) is 16.6. The highest BCUT2D eigenvalue weighted by molar-refractivity contribution is 5.69. The highest BCUT2D eigenvalue weighted by Gasteiger charge is 2.33. The summed E-state index contributed by atoms with van der Waals surface area (Å²) in [6.07, 6.45) is 9.77. The molecule has 2 aliphatic rings. The number of piperidine rings is 2. The Hall–Kier alpha value is -2.93. The molecule has 0 saturated carbocycles. The monoisotopic (exact) mass is 390 g/mol. The minimum absolute atomic E-state index is 0.166. The Labute approximate surface area is 170 Å². The topological polar surface area (TPSA) is 79.1 Å². The molecule has 7 heteroatoms. The lowest BCUT2D eigenvalue weighted by Gasteiger charge is -2.43. The van der Waals surface area contributed by atoms with Gasteiger partial charge in [0.05, 0.1) is 11.4 Å². The molecule has 4 heterocycles. The third-order valence-electron chi connectivity index (χ3n) is 6.28. The van der Waals surface area contributed by atoms with Crippen molar-refractivity contribution >= 4 is 5.82 Å². The summed E-state index contributed by atoms with van der Waals surface area (Å²) >= 11 is 0. The number of anilines is 1. The molecule has 0 radical (unpaired) electrons. The molecule has 7 nitrogen and oxygen atoms in total. The summed E-state index contributed by atoms with van der Waals surface area (Å²) in [6, 6.07) is 13.0. The van der Waals surface area contributed by atoms with Crippen LogP contribution in [0.15, 0.2) is 48.8 Å². The molecule has 1 aromatic carbocycles. The van der Waals surface area contributed by atoms with Crippen molar-refractivity contribution in [2.45, 2.75) is 50.2 Å². The van der Waals surface area contributed by atoms with E-state index in [1.807, 2.05) is 36.5 Å². The zero-order chi connectivity index (χ0) is 19.8. The fourth-order valence-electron chi connectivity index (χ4n) is 4.70. The average Bonchev–Trinajstić information content (AvgIpc) is 3.28. The molecule has 3 atom stereocenters. The molecule has 2 bridgehead atoms. The van der Waals surface area contributed by atoms with E-state index in [0.29, 0.717) is 29.4 Å². The van der Waals surface area contributed by atoms with E-state index in [4.69, 9.17) is 0 Å². The molecule has 2 aliphatic heterocycles. The number of rotatable bonds is 4. The lowest BCUT2D eigenvalue weighted by atomic mass is 9.83. The molecule has 0 amide bonds. The molecule has 2 saturated heterocycles. The number of aromatic hydroxyl groups is 1. The summed E-state index contributed by atoms with van der Waals surface area (Å²) in [7, 11) is 2.12. The third kappa shape index (κ3) is 3.58. The first kappa shape index (κ1) is 18.1. The smallest absolute Gasteiger partial charge is 0.151 e. The fraction of sp³-hybridized carbons (Fsp3) is 0.409. The molecule has 3 aromatic rings. The number of benzene rings is 1. The fourth-order valence-corrected chi connectivity index (χ4v) is 4.70. The highest BCUT2D eigenvalue weighted by atomic mass is 16.3. The number of phenols is 1. The largest absolute Gasteiger partial charge is 0.507 e. The van der Waals surface area contributed by atoms with Gasteiger partial charge in [0.25, 0.3) is 0 Å². The standard InChI is InChI=1S/C22H26N6O/c1-27(18-12-15-4-2-5-16(13-18)24-15)22-9-8-20(25-26-22)19-7-6-17(14-21(19)29)28-11-3-10-23-28/h3,6-11,14-16,18,24,29H,2,4-5,12-13H2,1H3/t15-,16+,18?. The van der Waals surface area contributed by atoms with E-state index in [0.717, 1.165) is 24.3 Å². The van der Waals surface area contributed by atoms with Gasteiger partial charge in [0.1, 0.15) is 5.75 Å². The van der Waals surface area contributed by atoms with Gasteiger partial charge in [-0.15, -0.1) is 10.2 Å². The highest BCUT2D eigenvalue weighted by Crippen LogP contribution is 2.32. The lowest BCUT2D eigenvalue weighted by molar-refractivity contribution is 0.219. The quantitative estimate of drug-likeness (QED) is 0.713. The number of nitrogens with one attached hydrogen (secondary N) is 1. The second-order valence-corrected chi connectivity index (χ2v) is 8.16. The van der Waals surface area contributed by atoms with Gasteiger partial charge in [0.15, 0.2) is 5.82 Å². The van der Waals surface area contributed by atoms with Crippen molar-refractivity contribution in [1.29, 1.82) is 0 Å². The van der Waals surface area contributed by atoms with E-state index in [2.05, 4.69) is 32.6 Å². The first-order chi connectivity index (χ1) is 14.2. The van der Waals surface area contributed by atoms with Crippen LogP contribution in [0.5, 0.6) is 5.75 Å². The molecular formula is C22H26N6O. The van der Waals surface area contributed by atoms with Crippen LogP contribution in [0.25, 0.3) is 16.9 Å². The van der Waals surface area contributed by atoms with Gasteiger partial charge in [0.2, 0.25) is 0 Å². The molecule has 2 fully saturated rings. The third-order valence-corrected chi connectivity index (χ3v) is 6.28. The van der Waals surface area contributed by atoms with Gasteiger partial charge < -0.3 is 15.3 Å². The Morgan fingerprint density at radius 1 is 1.10 bits per heavy atom. The van der Waals surface area contributed by atoms with Crippen LogP contribution in [0, 0.1) is 0 Å². The van der Waals surface area contributed by atoms with Crippen molar-refractivity contribution in [2.24, 2.45) is 0 Å². The van der Waals surface area contributed by atoms with Crippen molar-refractivity contribution in [3.8, 4) is 22.7 Å². The van der Waals surface area contributed by atoms with Gasteiger partial charge in [-0.25, -0.2) is 4.68 Å². The van der Waals surface area contributed by atoms with Crippen molar-refractivity contribution in [3.63, 3.8) is 0 Å². The van der Waals surface area contributed by atoms with Gasteiger partial charge >= 0.3 is 0 Å².